The minimum Gasteiger partial charge on any atom is -0.508 e. The zero-order valence-corrected chi connectivity index (χ0v) is 12.2. The maximum atomic E-state index is 8.95. The first kappa shape index (κ1) is 23.7. The fourth-order valence-corrected chi connectivity index (χ4v) is 1.13. The van der Waals surface area contributed by atoms with Crippen molar-refractivity contribution in [3.63, 3.8) is 0 Å². The van der Waals surface area contributed by atoms with E-state index >= 15 is 0 Å². The topological polar surface area (TPSA) is 133 Å². The normalized spacial score (nSPS) is 7.70. The molecule has 0 atom stereocenters. The standard InChI is InChI=1S/C7H8O2.C6H6O2.2H2O.Ti/c8-5-6-3-1-2-4-7(6)9;7-8-6-4-2-1-3-5-6;;;/h1-4,8-9H,5H2;1-5,7H;2*1H2;. The SMILES string of the molecule is O.O.OCc1ccccc1O.OOc1ccccc1.[Ti]. The fraction of sp³-hybridized carbons (Fsp3) is 0.0769. The Labute approximate surface area is 131 Å². The van der Waals surface area contributed by atoms with Crippen molar-refractivity contribution >= 4 is 0 Å². The van der Waals surface area contributed by atoms with E-state index in [1.165, 1.54) is 0 Å². The molecule has 0 radical (unpaired) electrons. The summed E-state index contributed by atoms with van der Waals surface area (Å²) in [6.45, 7) is -0.104. The molecule has 0 aliphatic rings. The minimum absolute atomic E-state index is 0. The molecule has 20 heavy (non-hydrogen) atoms. The van der Waals surface area contributed by atoms with Gasteiger partial charge in [-0.25, -0.2) is 5.26 Å². The second-order valence-corrected chi connectivity index (χ2v) is 3.19. The van der Waals surface area contributed by atoms with Crippen molar-refractivity contribution in [2.24, 2.45) is 0 Å². The second kappa shape index (κ2) is 14.0. The van der Waals surface area contributed by atoms with Crippen LogP contribution in [0, 0.1) is 0 Å². The summed E-state index contributed by atoms with van der Waals surface area (Å²) in [5.41, 5.74) is 0.567. The van der Waals surface area contributed by atoms with Gasteiger partial charge < -0.3 is 26.1 Å². The predicted octanol–water partition coefficient (Wildman–Crippen LogP) is 0.771. The third-order valence-corrected chi connectivity index (χ3v) is 2.01. The van der Waals surface area contributed by atoms with E-state index in [1.54, 1.807) is 48.5 Å². The average molecular weight is 318 g/mol. The Kier molecular flexibility index (Phi) is 16.6. The smallest absolute Gasteiger partial charge is 0.165 e. The molecule has 0 bridgehead atoms. The fourth-order valence-electron chi connectivity index (χ4n) is 1.13. The van der Waals surface area contributed by atoms with Gasteiger partial charge in [-0.1, -0.05) is 36.4 Å². The van der Waals surface area contributed by atoms with E-state index in [4.69, 9.17) is 15.5 Å². The van der Waals surface area contributed by atoms with Crippen LogP contribution in [0.3, 0.4) is 0 Å². The largest absolute Gasteiger partial charge is 0.508 e. The number of benzene rings is 2. The van der Waals surface area contributed by atoms with E-state index in [-0.39, 0.29) is 45.0 Å². The van der Waals surface area contributed by atoms with Crippen molar-refractivity contribution in [2.45, 2.75) is 6.61 Å². The van der Waals surface area contributed by atoms with Crippen LogP contribution in [0.5, 0.6) is 11.5 Å². The van der Waals surface area contributed by atoms with Crippen molar-refractivity contribution in [2.75, 3.05) is 0 Å². The molecule has 0 saturated carbocycles. The van der Waals surface area contributed by atoms with Gasteiger partial charge in [0.25, 0.3) is 0 Å². The molecule has 2 rings (SSSR count). The van der Waals surface area contributed by atoms with Crippen molar-refractivity contribution in [1.29, 1.82) is 0 Å². The molecule has 0 aliphatic carbocycles. The predicted molar refractivity (Wildman–Crippen MR) is 71.0 cm³/mol. The first-order chi connectivity index (χ1) is 8.27. The van der Waals surface area contributed by atoms with Gasteiger partial charge in [0.2, 0.25) is 0 Å². The van der Waals surface area contributed by atoms with Crippen molar-refractivity contribution in [1.82, 2.24) is 0 Å². The van der Waals surface area contributed by atoms with Gasteiger partial charge in [0.05, 0.1) is 6.61 Å². The average Bonchev–Trinajstić information content (AvgIpc) is 2.41. The zero-order valence-electron chi connectivity index (χ0n) is 10.7. The molecule has 110 valence electrons. The third-order valence-electron chi connectivity index (χ3n) is 2.01. The number of para-hydroxylation sites is 2. The monoisotopic (exact) mass is 318 g/mol. The molecule has 0 aromatic heterocycles. The number of rotatable bonds is 2. The molecule has 0 unspecified atom stereocenters. The maximum absolute atomic E-state index is 8.95. The van der Waals surface area contributed by atoms with E-state index in [1.807, 2.05) is 6.07 Å². The van der Waals surface area contributed by atoms with Crippen molar-refractivity contribution in [3.05, 3.63) is 60.2 Å². The first-order valence-electron chi connectivity index (χ1n) is 5.02. The van der Waals surface area contributed by atoms with Gasteiger partial charge in [0, 0.05) is 27.3 Å². The summed E-state index contributed by atoms with van der Waals surface area (Å²) in [5, 5.41) is 25.5. The Morgan fingerprint density at radius 1 is 0.850 bits per heavy atom. The molecule has 0 spiro atoms. The summed E-state index contributed by atoms with van der Waals surface area (Å²) in [4.78, 5) is 3.91. The van der Waals surface area contributed by atoms with E-state index < -0.39 is 0 Å². The molecule has 0 heterocycles. The van der Waals surface area contributed by atoms with E-state index in [2.05, 4.69) is 4.89 Å². The summed E-state index contributed by atoms with van der Waals surface area (Å²) in [6.07, 6.45) is 0. The van der Waals surface area contributed by atoms with Crippen LogP contribution in [0.2, 0.25) is 0 Å². The second-order valence-electron chi connectivity index (χ2n) is 3.19. The van der Waals surface area contributed by atoms with Crippen molar-refractivity contribution in [3.8, 4) is 11.5 Å². The Bertz CT molecular complexity index is 438. The van der Waals surface area contributed by atoms with E-state index in [9.17, 15) is 0 Å². The molecule has 7 heteroatoms. The maximum Gasteiger partial charge on any atom is 0.165 e. The number of phenols is 1. The molecule has 2 aromatic carbocycles. The van der Waals surface area contributed by atoms with Crippen LogP contribution in [-0.2, 0) is 28.3 Å². The molecular formula is C13H18O6Ti. The van der Waals surface area contributed by atoms with Crippen molar-refractivity contribution < 1.29 is 53.0 Å². The summed E-state index contributed by atoms with van der Waals surface area (Å²) >= 11 is 0. The molecule has 0 fully saturated rings. The van der Waals surface area contributed by atoms with E-state index in [0.29, 0.717) is 11.3 Å². The zero-order chi connectivity index (χ0) is 12.5. The molecular weight excluding hydrogens is 300 g/mol. The molecule has 7 N–H and O–H groups in total. The minimum atomic E-state index is -0.104. The Hall–Kier alpha value is -1.41. The molecule has 6 nitrogen and oxygen atoms in total. The number of aromatic hydroxyl groups is 1. The van der Waals surface area contributed by atoms with Crippen LogP contribution in [0.15, 0.2) is 54.6 Å². The van der Waals surface area contributed by atoms with E-state index in [0.717, 1.165) is 0 Å². The summed E-state index contributed by atoms with van der Waals surface area (Å²) in [6, 6.07) is 15.5. The van der Waals surface area contributed by atoms with Crippen LogP contribution in [0.4, 0.5) is 0 Å². The van der Waals surface area contributed by atoms with Gasteiger partial charge in [0.15, 0.2) is 5.75 Å². The first-order valence-corrected chi connectivity index (χ1v) is 5.02. The van der Waals surface area contributed by atoms with Gasteiger partial charge >= 0.3 is 0 Å². The van der Waals surface area contributed by atoms with Crippen LogP contribution in [-0.4, -0.2) is 26.4 Å². The van der Waals surface area contributed by atoms with Gasteiger partial charge in [-0.05, 0) is 18.2 Å². The van der Waals surface area contributed by atoms with Crippen LogP contribution in [0.1, 0.15) is 5.56 Å². The van der Waals surface area contributed by atoms with Gasteiger partial charge in [-0.3, -0.25) is 0 Å². The molecule has 0 aliphatic heterocycles. The number of aliphatic hydroxyl groups excluding tert-OH is 1. The number of aliphatic hydroxyl groups is 1. The summed E-state index contributed by atoms with van der Waals surface area (Å²) in [7, 11) is 0. The molecule has 0 saturated heterocycles. The Morgan fingerprint density at radius 2 is 1.35 bits per heavy atom. The third kappa shape index (κ3) is 8.65. The van der Waals surface area contributed by atoms with Gasteiger partial charge in [-0.15, -0.1) is 0 Å². The van der Waals surface area contributed by atoms with Gasteiger partial charge in [-0.2, -0.15) is 0 Å². The van der Waals surface area contributed by atoms with Crippen LogP contribution >= 0.6 is 0 Å². The number of hydrogen-bond acceptors (Lipinski definition) is 4. The summed E-state index contributed by atoms with van der Waals surface area (Å²) in [5.74, 6) is 0.618. The van der Waals surface area contributed by atoms with Gasteiger partial charge in [0.1, 0.15) is 5.75 Å². The number of hydrogen-bond donors (Lipinski definition) is 3. The Balaban J connectivity index is -0.000000252. The van der Waals surface area contributed by atoms with Crippen LogP contribution < -0.4 is 4.89 Å². The Morgan fingerprint density at radius 3 is 1.70 bits per heavy atom. The quantitative estimate of drug-likeness (QED) is 0.428. The summed E-state index contributed by atoms with van der Waals surface area (Å²) < 4.78 is 0. The molecule has 0 amide bonds. The molecule has 2 aromatic rings. The van der Waals surface area contributed by atoms with Crippen LogP contribution in [0.25, 0.3) is 0 Å².